The smallest absolute Gasteiger partial charge is 0.188 e. The molecule has 136 valence electrons. The van der Waals surface area contributed by atoms with Gasteiger partial charge in [0.05, 0.1) is 11.8 Å². The Morgan fingerprint density at radius 1 is 1.32 bits per heavy atom. The van der Waals surface area contributed by atoms with E-state index in [1.54, 1.807) is 23.7 Å². The van der Waals surface area contributed by atoms with Crippen molar-refractivity contribution < 1.29 is 4.74 Å². The van der Waals surface area contributed by atoms with Crippen LogP contribution in [-0.2, 0) is 11.3 Å². The van der Waals surface area contributed by atoms with Gasteiger partial charge in [0.15, 0.2) is 10.8 Å². The van der Waals surface area contributed by atoms with E-state index in [-0.39, 0.29) is 5.41 Å². The SMILES string of the molecule is CCCCO[C@@H]1C[C@@H](N(C)Cc2csc(-c3ncccn3)n2)C1(C)C. The second kappa shape index (κ2) is 7.89. The van der Waals surface area contributed by atoms with Gasteiger partial charge in [-0.15, -0.1) is 11.3 Å². The summed E-state index contributed by atoms with van der Waals surface area (Å²) in [5.74, 6) is 0.703. The summed E-state index contributed by atoms with van der Waals surface area (Å²) >= 11 is 1.61. The van der Waals surface area contributed by atoms with E-state index >= 15 is 0 Å². The highest BCUT2D eigenvalue weighted by Gasteiger charge is 2.50. The molecule has 2 aromatic rings. The molecule has 0 bridgehead atoms. The van der Waals surface area contributed by atoms with Crippen molar-refractivity contribution in [3.8, 4) is 10.8 Å². The molecule has 2 aromatic heterocycles. The van der Waals surface area contributed by atoms with Gasteiger partial charge in [0.1, 0.15) is 0 Å². The molecule has 0 aliphatic heterocycles. The van der Waals surface area contributed by atoms with Crippen molar-refractivity contribution in [1.82, 2.24) is 19.9 Å². The van der Waals surface area contributed by atoms with Crippen molar-refractivity contribution in [2.24, 2.45) is 5.41 Å². The van der Waals surface area contributed by atoms with Crippen LogP contribution in [0.4, 0.5) is 0 Å². The molecule has 0 radical (unpaired) electrons. The van der Waals surface area contributed by atoms with Gasteiger partial charge in [-0.25, -0.2) is 15.0 Å². The first kappa shape index (κ1) is 18.4. The average Bonchev–Trinajstić information content (AvgIpc) is 3.06. The molecule has 0 saturated heterocycles. The maximum atomic E-state index is 6.07. The van der Waals surface area contributed by atoms with Crippen LogP contribution in [0, 0.1) is 5.41 Å². The van der Waals surface area contributed by atoms with Gasteiger partial charge in [0, 0.05) is 42.4 Å². The fourth-order valence-electron chi connectivity index (χ4n) is 3.52. The molecule has 0 unspecified atom stereocenters. The van der Waals surface area contributed by atoms with Crippen molar-refractivity contribution in [3.63, 3.8) is 0 Å². The van der Waals surface area contributed by atoms with Crippen LogP contribution < -0.4 is 0 Å². The molecule has 25 heavy (non-hydrogen) atoms. The summed E-state index contributed by atoms with van der Waals surface area (Å²) in [6.07, 6.45) is 7.32. The third kappa shape index (κ3) is 4.07. The first-order chi connectivity index (χ1) is 12.0. The van der Waals surface area contributed by atoms with Crippen LogP contribution in [0.5, 0.6) is 0 Å². The molecule has 1 aliphatic carbocycles. The van der Waals surface area contributed by atoms with Crippen LogP contribution in [0.1, 0.15) is 45.7 Å². The number of hydrogen-bond acceptors (Lipinski definition) is 6. The topological polar surface area (TPSA) is 51.1 Å². The Morgan fingerprint density at radius 2 is 2.08 bits per heavy atom. The number of hydrogen-bond donors (Lipinski definition) is 0. The summed E-state index contributed by atoms with van der Waals surface area (Å²) in [6.45, 7) is 8.57. The zero-order valence-electron chi connectivity index (χ0n) is 15.6. The lowest BCUT2D eigenvalue weighted by atomic mass is 9.64. The van der Waals surface area contributed by atoms with Crippen molar-refractivity contribution in [2.75, 3.05) is 13.7 Å². The van der Waals surface area contributed by atoms with Crippen molar-refractivity contribution in [2.45, 2.75) is 58.7 Å². The normalized spacial score (nSPS) is 22.1. The Hall–Kier alpha value is -1.37. The minimum absolute atomic E-state index is 0.184. The molecule has 2 heterocycles. The van der Waals surface area contributed by atoms with Gasteiger partial charge in [-0.05, 0) is 26.0 Å². The number of rotatable bonds is 8. The average molecular weight is 361 g/mol. The molecular weight excluding hydrogens is 332 g/mol. The van der Waals surface area contributed by atoms with E-state index in [0.29, 0.717) is 18.0 Å². The van der Waals surface area contributed by atoms with Gasteiger partial charge in [-0.3, -0.25) is 4.90 Å². The van der Waals surface area contributed by atoms with Crippen LogP contribution >= 0.6 is 11.3 Å². The lowest BCUT2D eigenvalue weighted by molar-refractivity contribution is -0.149. The van der Waals surface area contributed by atoms with E-state index in [1.165, 1.54) is 6.42 Å². The molecular formula is C19H28N4OS. The highest BCUT2D eigenvalue weighted by atomic mass is 32.1. The second-order valence-corrected chi connectivity index (χ2v) is 8.28. The maximum absolute atomic E-state index is 6.07. The van der Waals surface area contributed by atoms with E-state index in [2.05, 4.69) is 48.1 Å². The van der Waals surface area contributed by atoms with Crippen molar-refractivity contribution in [1.29, 1.82) is 0 Å². The molecule has 6 heteroatoms. The molecule has 5 nitrogen and oxygen atoms in total. The van der Waals surface area contributed by atoms with E-state index < -0.39 is 0 Å². The Balaban J connectivity index is 1.56. The van der Waals surface area contributed by atoms with Crippen LogP contribution in [-0.4, -0.2) is 45.7 Å². The molecule has 1 saturated carbocycles. The molecule has 1 fully saturated rings. The lowest BCUT2D eigenvalue weighted by Crippen LogP contribution is -2.61. The Bertz CT molecular complexity index is 673. The van der Waals surface area contributed by atoms with Gasteiger partial charge in [-0.1, -0.05) is 27.2 Å². The summed E-state index contributed by atoms with van der Waals surface area (Å²) in [5, 5.41) is 3.00. The summed E-state index contributed by atoms with van der Waals surface area (Å²) in [6, 6.07) is 2.35. The van der Waals surface area contributed by atoms with Gasteiger partial charge >= 0.3 is 0 Å². The highest BCUT2D eigenvalue weighted by Crippen LogP contribution is 2.45. The molecule has 0 N–H and O–H groups in total. The molecule has 1 aliphatic rings. The van der Waals surface area contributed by atoms with Crippen LogP contribution in [0.3, 0.4) is 0 Å². The molecule has 2 atom stereocenters. The number of thiazole rings is 1. The lowest BCUT2D eigenvalue weighted by Gasteiger charge is -2.55. The fraction of sp³-hybridized carbons (Fsp3) is 0.632. The van der Waals surface area contributed by atoms with Gasteiger partial charge in [0.2, 0.25) is 0 Å². The van der Waals surface area contributed by atoms with E-state index in [0.717, 1.165) is 36.7 Å². The van der Waals surface area contributed by atoms with Crippen LogP contribution in [0.2, 0.25) is 0 Å². The zero-order chi connectivity index (χ0) is 17.9. The van der Waals surface area contributed by atoms with Gasteiger partial charge in [-0.2, -0.15) is 0 Å². The first-order valence-corrected chi connectivity index (χ1v) is 9.94. The predicted octanol–water partition coefficient (Wildman–Crippen LogP) is 4.02. The third-order valence-electron chi connectivity index (χ3n) is 5.20. The summed E-state index contributed by atoms with van der Waals surface area (Å²) in [5.41, 5.74) is 1.27. The Morgan fingerprint density at radius 3 is 2.76 bits per heavy atom. The third-order valence-corrected chi connectivity index (χ3v) is 6.08. The monoisotopic (exact) mass is 360 g/mol. The maximum Gasteiger partial charge on any atom is 0.188 e. The largest absolute Gasteiger partial charge is 0.378 e. The standard InChI is InChI=1S/C19H28N4OS/c1-5-6-10-24-16-11-15(19(16,2)3)23(4)12-14-13-25-18(22-14)17-20-8-7-9-21-17/h7-9,13,15-16H,5-6,10-12H2,1-4H3/t15-,16-/m1/s1. The fourth-order valence-corrected chi connectivity index (χ4v) is 4.28. The summed E-state index contributed by atoms with van der Waals surface area (Å²) < 4.78 is 6.07. The molecule has 0 spiro atoms. The van der Waals surface area contributed by atoms with Gasteiger partial charge in [0.25, 0.3) is 0 Å². The van der Waals surface area contributed by atoms with Crippen molar-refractivity contribution >= 4 is 11.3 Å². The number of ether oxygens (including phenoxy) is 1. The quantitative estimate of drug-likeness (QED) is 0.666. The molecule has 3 rings (SSSR count). The van der Waals surface area contributed by atoms with E-state index in [4.69, 9.17) is 9.72 Å². The Kier molecular flexibility index (Phi) is 5.81. The number of unbranched alkanes of at least 4 members (excludes halogenated alkanes) is 1. The predicted molar refractivity (Wildman–Crippen MR) is 101 cm³/mol. The molecule has 0 amide bonds. The van der Waals surface area contributed by atoms with Crippen molar-refractivity contribution in [3.05, 3.63) is 29.5 Å². The first-order valence-electron chi connectivity index (χ1n) is 9.06. The summed E-state index contributed by atoms with van der Waals surface area (Å²) in [7, 11) is 2.19. The minimum Gasteiger partial charge on any atom is -0.378 e. The zero-order valence-corrected chi connectivity index (χ0v) is 16.4. The van der Waals surface area contributed by atoms with Gasteiger partial charge < -0.3 is 4.74 Å². The number of nitrogens with zero attached hydrogens (tertiary/aromatic N) is 4. The second-order valence-electron chi connectivity index (χ2n) is 7.42. The minimum atomic E-state index is 0.184. The molecule has 0 aromatic carbocycles. The summed E-state index contributed by atoms with van der Waals surface area (Å²) in [4.78, 5) is 15.7. The van der Waals surface area contributed by atoms with Crippen LogP contribution in [0.25, 0.3) is 10.8 Å². The van der Waals surface area contributed by atoms with E-state index in [9.17, 15) is 0 Å². The van der Waals surface area contributed by atoms with E-state index in [1.807, 2.05) is 6.07 Å². The highest BCUT2D eigenvalue weighted by molar-refractivity contribution is 7.13. The number of aromatic nitrogens is 3. The Labute approximate surface area is 154 Å². The van der Waals surface area contributed by atoms with Crippen LogP contribution in [0.15, 0.2) is 23.8 Å².